The van der Waals surface area contributed by atoms with Gasteiger partial charge in [-0.05, 0) is 62.9 Å². The third-order valence-electron chi connectivity index (χ3n) is 8.60. The average Bonchev–Trinajstić information content (AvgIpc) is 3.75. The van der Waals surface area contributed by atoms with Crippen molar-refractivity contribution in [2.24, 2.45) is 0 Å². The smallest absolute Gasteiger partial charge is 0.351 e. The average molecular weight is 656 g/mol. The van der Waals surface area contributed by atoms with Gasteiger partial charge in [-0.15, -0.1) is 11.3 Å². The summed E-state index contributed by atoms with van der Waals surface area (Å²) in [5.74, 6) is 0.164. The normalized spacial score (nSPS) is 18.5. The minimum Gasteiger partial charge on any atom is -0.490 e. The molecule has 1 fully saturated rings. The first-order valence-corrected chi connectivity index (χ1v) is 16.3. The fraction of sp³-hybridized carbons (Fsp3) is 0.257. The van der Waals surface area contributed by atoms with E-state index in [0.717, 1.165) is 21.6 Å². The van der Waals surface area contributed by atoms with E-state index in [1.165, 1.54) is 23.3 Å². The summed E-state index contributed by atoms with van der Waals surface area (Å²) in [5.41, 5.74) is 3.34. The molecule has 0 unspecified atom stereocenters. The number of methoxy groups -OCH3 is 1. The van der Waals surface area contributed by atoms with E-state index < -0.39 is 12.1 Å². The second-order valence-corrected chi connectivity index (χ2v) is 12.8. The number of imide groups is 1. The van der Waals surface area contributed by atoms with Crippen molar-refractivity contribution in [2.45, 2.75) is 50.9 Å². The van der Waals surface area contributed by atoms with Crippen molar-refractivity contribution in [3.05, 3.63) is 106 Å². The largest absolute Gasteiger partial charge is 0.490 e. The molecule has 1 aliphatic carbocycles. The zero-order valence-corrected chi connectivity index (χ0v) is 26.7. The first-order chi connectivity index (χ1) is 22.3. The summed E-state index contributed by atoms with van der Waals surface area (Å²) in [7, 11) is 1.34. The van der Waals surface area contributed by atoms with E-state index in [1.807, 2.05) is 47.9 Å². The van der Waals surface area contributed by atoms with Crippen molar-refractivity contribution in [2.75, 3.05) is 7.11 Å². The van der Waals surface area contributed by atoms with Crippen molar-refractivity contribution < 1.29 is 28.6 Å². The fourth-order valence-corrected chi connectivity index (χ4v) is 7.53. The molecule has 0 spiro atoms. The number of esters is 1. The quantitative estimate of drug-likeness (QED) is 0.125. The maximum absolute atomic E-state index is 13.0. The van der Waals surface area contributed by atoms with Crippen molar-refractivity contribution in [3.8, 4) is 16.5 Å². The number of hydrogen-bond acceptors (Lipinski definition) is 8. The van der Waals surface area contributed by atoms with E-state index >= 15 is 0 Å². The molecule has 2 amide bonds. The Bertz CT molecular complexity index is 1940. The SMILES string of the molecule is COC(=O)c1sc(-n2cnc3ccc(O[C@H]4CC[C@@H](N5C(=O)c6ccccc6C5=O)CC4)cc32)cc1O[C@H](C)c1ccccc1Cl. The van der Waals surface area contributed by atoms with Gasteiger partial charge in [0.05, 0.1) is 35.4 Å². The van der Waals surface area contributed by atoms with Crippen LogP contribution in [0.25, 0.3) is 16.0 Å². The molecule has 2 aromatic heterocycles. The van der Waals surface area contributed by atoms with Crippen molar-refractivity contribution in [1.29, 1.82) is 0 Å². The van der Waals surface area contributed by atoms with Gasteiger partial charge in [-0.1, -0.05) is 41.9 Å². The molecule has 9 nitrogen and oxygen atoms in total. The molecule has 1 aliphatic heterocycles. The molecule has 0 saturated heterocycles. The highest BCUT2D eigenvalue weighted by Gasteiger charge is 2.41. The number of nitrogens with zero attached hydrogens (tertiary/aromatic N) is 3. The highest BCUT2D eigenvalue weighted by atomic mass is 35.5. The van der Waals surface area contributed by atoms with Crippen LogP contribution in [0.3, 0.4) is 0 Å². The number of carbonyl (C=O) groups excluding carboxylic acids is 3. The molecule has 7 rings (SSSR count). The fourth-order valence-electron chi connectivity index (χ4n) is 6.25. The second-order valence-electron chi connectivity index (χ2n) is 11.4. The van der Waals surface area contributed by atoms with Crippen molar-refractivity contribution in [1.82, 2.24) is 14.5 Å². The molecule has 0 N–H and O–H groups in total. The minimum absolute atomic E-state index is 0.0563. The molecule has 1 saturated carbocycles. The Morgan fingerprint density at radius 3 is 2.35 bits per heavy atom. The van der Waals surface area contributed by atoms with E-state index in [2.05, 4.69) is 4.98 Å². The summed E-state index contributed by atoms with van der Waals surface area (Å²) >= 11 is 7.64. The molecule has 0 radical (unpaired) electrons. The molecule has 3 aromatic carbocycles. The zero-order valence-electron chi connectivity index (χ0n) is 25.1. The van der Waals surface area contributed by atoms with Gasteiger partial charge >= 0.3 is 5.97 Å². The summed E-state index contributed by atoms with van der Waals surface area (Å²) in [5, 5.41) is 1.30. The minimum atomic E-state index is -0.497. The molecule has 234 valence electrons. The highest BCUT2D eigenvalue weighted by molar-refractivity contribution is 7.16. The lowest BCUT2D eigenvalue weighted by molar-refractivity contribution is 0.0477. The van der Waals surface area contributed by atoms with E-state index in [9.17, 15) is 14.4 Å². The Kier molecular flexibility index (Phi) is 8.00. The van der Waals surface area contributed by atoms with Gasteiger partial charge < -0.3 is 14.2 Å². The van der Waals surface area contributed by atoms with Crippen LogP contribution in [0.4, 0.5) is 0 Å². The molecule has 11 heteroatoms. The number of ether oxygens (including phenoxy) is 3. The molecular formula is C35H30ClN3O6S. The molecule has 46 heavy (non-hydrogen) atoms. The van der Waals surface area contributed by atoms with Crippen LogP contribution < -0.4 is 9.47 Å². The monoisotopic (exact) mass is 655 g/mol. The Morgan fingerprint density at radius 2 is 1.65 bits per heavy atom. The van der Waals surface area contributed by atoms with Gasteiger partial charge in [0.1, 0.15) is 28.9 Å². The third-order valence-corrected chi connectivity index (χ3v) is 10.0. The first kappa shape index (κ1) is 30.0. The van der Waals surface area contributed by atoms with E-state index in [0.29, 0.717) is 58.2 Å². The number of rotatable bonds is 8. The lowest BCUT2D eigenvalue weighted by Gasteiger charge is -2.33. The van der Waals surface area contributed by atoms with Crippen LogP contribution in [0.1, 0.15) is 74.7 Å². The molecule has 2 aliphatic rings. The van der Waals surface area contributed by atoms with Crippen LogP contribution in [0.15, 0.2) is 79.1 Å². The summed E-state index contributed by atoms with van der Waals surface area (Å²) in [6, 6.07) is 21.8. The maximum atomic E-state index is 13.0. The number of fused-ring (bicyclic) bond motifs is 2. The van der Waals surface area contributed by atoms with Crippen LogP contribution in [-0.2, 0) is 4.74 Å². The van der Waals surface area contributed by atoms with Gasteiger partial charge in [0.2, 0.25) is 0 Å². The third kappa shape index (κ3) is 5.41. The van der Waals surface area contributed by atoms with Crippen LogP contribution >= 0.6 is 22.9 Å². The lowest BCUT2D eigenvalue weighted by atomic mass is 9.91. The lowest BCUT2D eigenvalue weighted by Crippen LogP contribution is -2.43. The van der Waals surface area contributed by atoms with Crippen molar-refractivity contribution >= 4 is 51.8 Å². The summed E-state index contributed by atoms with van der Waals surface area (Å²) in [6.45, 7) is 1.88. The van der Waals surface area contributed by atoms with Gasteiger partial charge in [0, 0.05) is 28.8 Å². The number of thiophene rings is 1. The zero-order chi connectivity index (χ0) is 31.9. The van der Waals surface area contributed by atoms with Crippen LogP contribution in [0.2, 0.25) is 5.02 Å². The summed E-state index contributed by atoms with van der Waals surface area (Å²) < 4.78 is 19.6. The highest BCUT2D eigenvalue weighted by Crippen LogP contribution is 2.38. The van der Waals surface area contributed by atoms with E-state index in [4.69, 9.17) is 25.8 Å². The van der Waals surface area contributed by atoms with Gasteiger partial charge in [-0.25, -0.2) is 9.78 Å². The number of imidazole rings is 1. The van der Waals surface area contributed by atoms with Gasteiger partial charge in [-0.3, -0.25) is 19.1 Å². The molecule has 5 aromatic rings. The maximum Gasteiger partial charge on any atom is 0.351 e. The topological polar surface area (TPSA) is 100.0 Å². The van der Waals surface area contributed by atoms with Gasteiger partial charge in [0.25, 0.3) is 11.8 Å². The Balaban J connectivity index is 1.08. The molecular weight excluding hydrogens is 626 g/mol. The summed E-state index contributed by atoms with van der Waals surface area (Å²) in [6.07, 6.45) is 4.02. The molecule has 0 bridgehead atoms. The number of hydrogen-bond donors (Lipinski definition) is 0. The first-order valence-electron chi connectivity index (χ1n) is 15.1. The van der Waals surface area contributed by atoms with Crippen molar-refractivity contribution in [3.63, 3.8) is 0 Å². The molecule has 3 heterocycles. The van der Waals surface area contributed by atoms with Gasteiger partial charge in [0.15, 0.2) is 4.88 Å². The number of aromatic nitrogens is 2. The van der Waals surface area contributed by atoms with Crippen LogP contribution in [0, 0.1) is 0 Å². The van der Waals surface area contributed by atoms with Crippen LogP contribution in [0.5, 0.6) is 11.5 Å². The standard InChI is InChI=1S/C35H30ClN3O6S/c1-20(24-7-5-6-10-27(24)36)44-30-18-31(46-32(30)35(42)43-2)38-19-37-28-16-15-23(17-29(28)38)45-22-13-11-21(12-14-22)39-33(40)25-8-3-4-9-26(25)34(39)41/h3-10,15-22H,11-14H2,1-2H3/t20-,21-,22+/m1/s1. The Labute approximate surface area is 274 Å². The number of carbonyl (C=O) groups is 3. The van der Waals surface area contributed by atoms with E-state index in [1.54, 1.807) is 42.7 Å². The van der Waals surface area contributed by atoms with Crippen LogP contribution in [-0.4, -0.2) is 51.5 Å². The predicted octanol–water partition coefficient (Wildman–Crippen LogP) is 7.65. The molecule has 1 atom stereocenters. The number of amides is 2. The second kappa shape index (κ2) is 12.3. The predicted molar refractivity (Wildman–Crippen MR) is 174 cm³/mol. The van der Waals surface area contributed by atoms with E-state index in [-0.39, 0.29) is 24.0 Å². The summed E-state index contributed by atoms with van der Waals surface area (Å²) in [4.78, 5) is 45.0. The number of benzene rings is 3. The number of halogens is 1. The Morgan fingerprint density at radius 1 is 0.957 bits per heavy atom. The Hall–Kier alpha value is -4.67. The van der Waals surface area contributed by atoms with Gasteiger partial charge in [-0.2, -0.15) is 0 Å².